The van der Waals surface area contributed by atoms with E-state index in [1.54, 1.807) is 0 Å². The number of rotatable bonds is 9. The molecule has 6 aromatic carbocycles. The monoisotopic (exact) mass is 530 g/mol. The SMILES string of the molecule is Cc1cccc(Nc2ccc([C+](c3ccc(Nc4ccccc4)cc3)c3ccc(Nc4ccccc4)cc3)cc2)c1. The molecule has 0 unspecified atom stereocenters. The fourth-order valence-electron chi connectivity index (χ4n) is 4.93. The molecular weight excluding hydrogens is 498 g/mol. The molecule has 0 saturated carbocycles. The first kappa shape index (κ1) is 25.8. The second kappa shape index (κ2) is 12.2. The van der Waals surface area contributed by atoms with Crippen molar-refractivity contribution in [3.63, 3.8) is 0 Å². The topological polar surface area (TPSA) is 36.1 Å². The summed E-state index contributed by atoms with van der Waals surface area (Å²) in [4.78, 5) is 0. The van der Waals surface area contributed by atoms with E-state index >= 15 is 0 Å². The quantitative estimate of drug-likeness (QED) is 0.129. The molecule has 0 spiro atoms. The van der Waals surface area contributed by atoms with Crippen molar-refractivity contribution in [3.8, 4) is 0 Å². The van der Waals surface area contributed by atoms with E-state index in [9.17, 15) is 0 Å². The first-order chi connectivity index (χ1) is 20.2. The molecule has 3 nitrogen and oxygen atoms in total. The third-order valence-corrected chi connectivity index (χ3v) is 6.95. The summed E-state index contributed by atoms with van der Waals surface area (Å²) in [5, 5.41) is 10.5. The van der Waals surface area contributed by atoms with Gasteiger partial charge in [-0.2, -0.15) is 0 Å². The van der Waals surface area contributed by atoms with Crippen LogP contribution in [-0.2, 0) is 0 Å². The van der Waals surface area contributed by atoms with Crippen LogP contribution in [0, 0.1) is 12.8 Å². The maximum absolute atomic E-state index is 3.53. The maximum Gasteiger partial charge on any atom is 0.0632 e. The van der Waals surface area contributed by atoms with Crippen LogP contribution < -0.4 is 16.0 Å². The minimum absolute atomic E-state index is 1.06. The lowest BCUT2D eigenvalue weighted by Crippen LogP contribution is -2.05. The van der Waals surface area contributed by atoms with Crippen molar-refractivity contribution >= 4 is 34.1 Å². The van der Waals surface area contributed by atoms with Crippen LogP contribution in [0.25, 0.3) is 0 Å². The van der Waals surface area contributed by atoms with Crippen LogP contribution in [0.2, 0.25) is 0 Å². The summed E-state index contributed by atoms with van der Waals surface area (Å²) >= 11 is 0. The van der Waals surface area contributed by atoms with E-state index in [-0.39, 0.29) is 0 Å². The van der Waals surface area contributed by atoms with Gasteiger partial charge in [-0.05, 0) is 122 Å². The van der Waals surface area contributed by atoms with Crippen LogP contribution in [0.15, 0.2) is 158 Å². The van der Waals surface area contributed by atoms with E-state index in [1.165, 1.54) is 11.5 Å². The standard InChI is InChI=1S/C38H32N3/c1-28-9-8-14-37(27-28)41-36-25-19-31(20-26-36)38(29-15-21-34(22-16-29)39-32-10-4-2-5-11-32)30-17-23-35(24-18-30)40-33-12-6-3-7-13-33/h2-27,39-41H,1H3/q+1. The third-order valence-electron chi connectivity index (χ3n) is 6.95. The Bertz CT molecular complexity index is 1590. The minimum atomic E-state index is 1.06. The molecule has 0 fully saturated rings. The Kier molecular flexibility index (Phi) is 7.68. The van der Waals surface area contributed by atoms with Gasteiger partial charge in [-0.1, -0.05) is 48.5 Å². The summed E-state index contributed by atoms with van der Waals surface area (Å²) < 4.78 is 0. The lowest BCUT2D eigenvalue weighted by atomic mass is 9.85. The Labute approximate surface area is 242 Å². The van der Waals surface area contributed by atoms with Crippen LogP contribution >= 0.6 is 0 Å². The summed E-state index contributed by atoms with van der Waals surface area (Å²) in [6, 6.07) is 54.9. The number of nitrogens with one attached hydrogen (secondary N) is 3. The normalized spacial score (nSPS) is 10.6. The van der Waals surface area contributed by atoms with Crippen LogP contribution in [0.5, 0.6) is 0 Å². The van der Waals surface area contributed by atoms with Gasteiger partial charge in [0.1, 0.15) is 0 Å². The number of aryl methyl sites for hydroxylation is 1. The highest BCUT2D eigenvalue weighted by molar-refractivity contribution is 5.67. The smallest absolute Gasteiger partial charge is 0.0632 e. The molecule has 0 atom stereocenters. The van der Waals surface area contributed by atoms with Crippen LogP contribution in [0.4, 0.5) is 34.1 Å². The molecular formula is C38H32N3+. The van der Waals surface area contributed by atoms with Crippen LogP contribution in [0.1, 0.15) is 22.3 Å². The molecule has 6 rings (SSSR count). The molecule has 0 aliphatic rings. The third kappa shape index (κ3) is 6.60. The fraction of sp³-hybridized carbons (Fsp3) is 0.0263. The molecule has 0 saturated heterocycles. The highest BCUT2D eigenvalue weighted by atomic mass is 14.9. The fourth-order valence-corrected chi connectivity index (χ4v) is 4.93. The van der Waals surface area contributed by atoms with Gasteiger partial charge in [0, 0.05) is 34.1 Å². The average Bonchev–Trinajstić information content (AvgIpc) is 3.01. The molecule has 0 heterocycles. The van der Waals surface area contributed by atoms with Crippen molar-refractivity contribution < 1.29 is 0 Å². The molecule has 0 aliphatic heterocycles. The summed E-state index contributed by atoms with van der Waals surface area (Å²) in [5.41, 5.74) is 11.1. The van der Waals surface area contributed by atoms with Crippen molar-refractivity contribution in [3.05, 3.63) is 186 Å². The van der Waals surface area contributed by atoms with Gasteiger partial charge in [0.05, 0.1) is 22.6 Å². The average molecular weight is 531 g/mol. The molecule has 0 amide bonds. The summed E-state index contributed by atoms with van der Waals surface area (Å²) in [6.45, 7) is 2.11. The number of benzene rings is 6. The molecule has 0 aliphatic carbocycles. The number of anilines is 6. The Morgan fingerprint density at radius 2 is 0.683 bits per heavy atom. The second-order valence-corrected chi connectivity index (χ2v) is 10.1. The number of hydrogen-bond donors (Lipinski definition) is 3. The molecule has 0 bridgehead atoms. The Balaban J connectivity index is 1.28. The summed E-state index contributed by atoms with van der Waals surface area (Å²) in [7, 11) is 0. The molecule has 3 heteroatoms. The molecule has 3 N–H and O–H groups in total. The Hall–Kier alpha value is -5.41. The predicted octanol–water partition coefficient (Wildman–Crippen LogP) is 10.2. The first-order valence-electron chi connectivity index (χ1n) is 13.9. The van der Waals surface area contributed by atoms with E-state index in [1.807, 2.05) is 36.4 Å². The summed E-state index contributed by atoms with van der Waals surface area (Å²) in [5.74, 6) is 1.18. The highest BCUT2D eigenvalue weighted by Crippen LogP contribution is 2.34. The van der Waals surface area contributed by atoms with Crippen molar-refractivity contribution in [1.29, 1.82) is 0 Å². The van der Waals surface area contributed by atoms with Crippen molar-refractivity contribution in [2.45, 2.75) is 6.92 Å². The van der Waals surface area contributed by atoms with Gasteiger partial charge in [0.15, 0.2) is 0 Å². The molecule has 6 aromatic rings. The number of hydrogen-bond acceptors (Lipinski definition) is 3. The van der Waals surface area contributed by atoms with Gasteiger partial charge < -0.3 is 16.0 Å². The van der Waals surface area contributed by atoms with Crippen LogP contribution in [-0.4, -0.2) is 0 Å². The highest BCUT2D eigenvalue weighted by Gasteiger charge is 2.23. The van der Waals surface area contributed by atoms with Crippen molar-refractivity contribution in [2.24, 2.45) is 0 Å². The van der Waals surface area contributed by atoms with E-state index in [4.69, 9.17) is 0 Å². The minimum Gasteiger partial charge on any atom is -0.355 e. The van der Waals surface area contributed by atoms with Gasteiger partial charge in [0.25, 0.3) is 0 Å². The van der Waals surface area contributed by atoms with Crippen molar-refractivity contribution in [2.75, 3.05) is 16.0 Å². The van der Waals surface area contributed by atoms with E-state index < -0.39 is 0 Å². The Morgan fingerprint density at radius 3 is 1.07 bits per heavy atom. The zero-order valence-corrected chi connectivity index (χ0v) is 23.0. The Morgan fingerprint density at radius 1 is 0.341 bits per heavy atom. The lowest BCUT2D eigenvalue weighted by molar-refractivity contribution is 1.23. The molecule has 0 radical (unpaired) electrons. The second-order valence-electron chi connectivity index (χ2n) is 10.1. The van der Waals surface area contributed by atoms with E-state index in [0.29, 0.717) is 0 Å². The molecule has 198 valence electrons. The maximum atomic E-state index is 3.53. The summed E-state index contributed by atoms with van der Waals surface area (Å²) in [6.07, 6.45) is 0. The van der Waals surface area contributed by atoms with Crippen LogP contribution in [0.3, 0.4) is 0 Å². The van der Waals surface area contributed by atoms with Gasteiger partial charge in [-0.3, -0.25) is 0 Å². The largest absolute Gasteiger partial charge is 0.355 e. The van der Waals surface area contributed by atoms with E-state index in [2.05, 4.69) is 144 Å². The van der Waals surface area contributed by atoms with Gasteiger partial charge in [-0.25, -0.2) is 0 Å². The zero-order chi connectivity index (χ0) is 27.9. The molecule has 0 aromatic heterocycles. The number of para-hydroxylation sites is 2. The zero-order valence-electron chi connectivity index (χ0n) is 23.0. The van der Waals surface area contributed by atoms with E-state index in [0.717, 1.165) is 50.8 Å². The lowest BCUT2D eigenvalue weighted by Gasteiger charge is -2.16. The van der Waals surface area contributed by atoms with Gasteiger partial charge in [0.2, 0.25) is 0 Å². The first-order valence-corrected chi connectivity index (χ1v) is 13.9. The van der Waals surface area contributed by atoms with Gasteiger partial charge in [-0.15, -0.1) is 0 Å². The molecule has 41 heavy (non-hydrogen) atoms. The van der Waals surface area contributed by atoms with Crippen molar-refractivity contribution in [1.82, 2.24) is 0 Å². The van der Waals surface area contributed by atoms with Gasteiger partial charge >= 0.3 is 0 Å². The predicted molar refractivity (Wildman–Crippen MR) is 174 cm³/mol.